The van der Waals surface area contributed by atoms with E-state index in [4.69, 9.17) is 11.5 Å². The first kappa shape index (κ1) is 7.43. The van der Waals surface area contributed by atoms with E-state index in [0.29, 0.717) is 5.84 Å². The van der Waals surface area contributed by atoms with Crippen LogP contribution in [-0.2, 0) is 0 Å². The van der Waals surface area contributed by atoms with Gasteiger partial charge in [-0.25, -0.2) is 0 Å². The molecule has 0 unspecified atom stereocenters. The first-order valence-corrected chi connectivity index (χ1v) is 2.52. The minimum absolute atomic E-state index is 0.515. The largest absolute Gasteiger partial charge is 0.388 e. The highest BCUT2D eigenvalue weighted by molar-refractivity contribution is 5.77. The molecule has 0 saturated carbocycles. The first-order valence-electron chi connectivity index (χ1n) is 2.52. The van der Waals surface area contributed by atoms with Crippen LogP contribution >= 0.6 is 0 Å². The molecule has 0 bridgehead atoms. The van der Waals surface area contributed by atoms with E-state index < -0.39 is 5.66 Å². The number of nitrogens with two attached hydrogens (primary N) is 2. The van der Waals surface area contributed by atoms with Gasteiger partial charge in [0.15, 0.2) is 0 Å². The summed E-state index contributed by atoms with van der Waals surface area (Å²) in [5, 5.41) is 0. The van der Waals surface area contributed by atoms with Crippen molar-refractivity contribution in [2.45, 2.75) is 26.4 Å². The van der Waals surface area contributed by atoms with Crippen LogP contribution in [0.5, 0.6) is 0 Å². The van der Waals surface area contributed by atoms with Gasteiger partial charge in [-0.3, -0.25) is 4.99 Å². The Labute approximate surface area is 49.8 Å². The van der Waals surface area contributed by atoms with Crippen LogP contribution < -0.4 is 11.5 Å². The van der Waals surface area contributed by atoms with E-state index in [2.05, 4.69) is 4.99 Å². The summed E-state index contributed by atoms with van der Waals surface area (Å²) in [4.78, 5) is 3.88. The van der Waals surface area contributed by atoms with Gasteiger partial charge in [0.25, 0.3) is 0 Å². The molecule has 0 aliphatic rings. The number of hydrogen-bond acceptors (Lipinski definition) is 2. The maximum absolute atomic E-state index is 5.47. The fourth-order valence-electron chi connectivity index (χ4n) is 0.455. The van der Waals surface area contributed by atoms with Crippen molar-refractivity contribution in [2.75, 3.05) is 0 Å². The maximum Gasteiger partial charge on any atom is 0.104 e. The Kier molecular flexibility index (Phi) is 1.98. The summed E-state index contributed by atoms with van der Waals surface area (Å²) in [7, 11) is 0. The lowest BCUT2D eigenvalue weighted by Crippen LogP contribution is -2.31. The highest BCUT2D eigenvalue weighted by atomic mass is 15.0. The van der Waals surface area contributed by atoms with E-state index in [0.717, 1.165) is 0 Å². The smallest absolute Gasteiger partial charge is 0.104 e. The Balaban J connectivity index is 3.89. The molecule has 0 aromatic rings. The Morgan fingerprint density at radius 2 is 1.88 bits per heavy atom. The highest BCUT2D eigenvalue weighted by Crippen LogP contribution is 1.96. The second kappa shape index (κ2) is 2.13. The number of aliphatic imine (C=N–C) groups is 1. The Bertz CT molecular complexity index is 94.7. The Morgan fingerprint density at radius 3 is 1.88 bits per heavy atom. The number of hydrogen-bond donors (Lipinski definition) is 2. The minimum Gasteiger partial charge on any atom is -0.388 e. The molecule has 0 heterocycles. The summed E-state index contributed by atoms with van der Waals surface area (Å²) < 4.78 is 0. The zero-order chi connectivity index (χ0) is 6.78. The average molecular weight is 115 g/mol. The van der Waals surface area contributed by atoms with Gasteiger partial charge in [0.2, 0.25) is 0 Å². The summed E-state index contributed by atoms with van der Waals surface area (Å²) >= 11 is 0. The second-order valence-electron chi connectivity index (χ2n) is 2.41. The minimum atomic E-state index is -0.515. The van der Waals surface area contributed by atoms with Crippen LogP contribution in [0.3, 0.4) is 0 Å². The molecule has 0 amide bonds. The van der Waals surface area contributed by atoms with Crippen molar-refractivity contribution < 1.29 is 0 Å². The molecule has 4 N–H and O–H groups in total. The summed E-state index contributed by atoms with van der Waals surface area (Å²) in [5.74, 6) is 0.525. The van der Waals surface area contributed by atoms with Crippen LogP contribution in [0.15, 0.2) is 4.99 Å². The molecule has 0 atom stereocenters. The first-order chi connectivity index (χ1) is 3.42. The molecular formula is C5H13N3. The van der Waals surface area contributed by atoms with Crippen LogP contribution in [-0.4, -0.2) is 11.5 Å². The van der Waals surface area contributed by atoms with Gasteiger partial charge < -0.3 is 11.5 Å². The molecule has 3 nitrogen and oxygen atoms in total. The van der Waals surface area contributed by atoms with E-state index in [9.17, 15) is 0 Å². The van der Waals surface area contributed by atoms with Gasteiger partial charge >= 0.3 is 0 Å². The molecule has 0 rings (SSSR count). The molecule has 3 heteroatoms. The molecule has 8 heavy (non-hydrogen) atoms. The quantitative estimate of drug-likeness (QED) is 0.375. The van der Waals surface area contributed by atoms with Crippen LogP contribution in [0.2, 0.25) is 0 Å². The zero-order valence-electron chi connectivity index (χ0n) is 5.60. The lowest BCUT2D eigenvalue weighted by Gasteiger charge is -2.11. The van der Waals surface area contributed by atoms with Crippen molar-refractivity contribution >= 4 is 5.84 Å². The monoisotopic (exact) mass is 115 g/mol. The van der Waals surface area contributed by atoms with Crippen molar-refractivity contribution in [3.8, 4) is 0 Å². The third-order valence-corrected chi connectivity index (χ3v) is 0.465. The van der Waals surface area contributed by atoms with Crippen LogP contribution in [0.25, 0.3) is 0 Å². The van der Waals surface area contributed by atoms with E-state index >= 15 is 0 Å². The lowest BCUT2D eigenvalue weighted by atomic mass is 10.3. The van der Waals surface area contributed by atoms with Gasteiger partial charge in [0.05, 0.1) is 5.84 Å². The standard InChI is InChI=1S/C5H13N3/c1-4(6)8-5(2,3)7/h7H2,1-3H3,(H2,6,8). The summed E-state index contributed by atoms with van der Waals surface area (Å²) in [6, 6.07) is 0. The summed E-state index contributed by atoms with van der Waals surface area (Å²) in [6.45, 7) is 5.31. The van der Waals surface area contributed by atoms with Gasteiger partial charge in [-0.2, -0.15) is 0 Å². The van der Waals surface area contributed by atoms with Gasteiger partial charge in [-0.05, 0) is 20.8 Å². The predicted molar refractivity (Wildman–Crippen MR) is 35.6 cm³/mol. The topological polar surface area (TPSA) is 64.4 Å². The van der Waals surface area contributed by atoms with Crippen molar-refractivity contribution in [2.24, 2.45) is 16.5 Å². The van der Waals surface area contributed by atoms with Gasteiger partial charge in [0.1, 0.15) is 5.66 Å². The Hall–Kier alpha value is -0.570. The van der Waals surface area contributed by atoms with Crippen molar-refractivity contribution in [3.05, 3.63) is 0 Å². The molecule has 0 aromatic heterocycles. The summed E-state index contributed by atoms with van der Waals surface area (Å²) in [5.41, 5.74) is 10.2. The zero-order valence-corrected chi connectivity index (χ0v) is 5.60. The third-order valence-electron chi connectivity index (χ3n) is 0.465. The normalized spacial score (nSPS) is 14.2. The number of nitrogens with zero attached hydrogens (tertiary/aromatic N) is 1. The molecule has 48 valence electrons. The predicted octanol–water partition coefficient (Wildman–Crippen LogP) is 0.0583. The third kappa shape index (κ3) is 5.43. The van der Waals surface area contributed by atoms with Crippen molar-refractivity contribution in [1.82, 2.24) is 0 Å². The molecule has 0 aliphatic carbocycles. The average Bonchev–Trinajstić information content (AvgIpc) is 1.21. The molecule has 0 aliphatic heterocycles. The van der Waals surface area contributed by atoms with Crippen LogP contribution in [0.1, 0.15) is 20.8 Å². The summed E-state index contributed by atoms with van der Waals surface area (Å²) in [6.07, 6.45) is 0. The fraction of sp³-hybridized carbons (Fsp3) is 0.800. The van der Waals surface area contributed by atoms with Crippen LogP contribution in [0.4, 0.5) is 0 Å². The number of amidine groups is 1. The maximum atomic E-state index is 5.47. The van der Waals surface area contributed by atoms with E-state index in [1.165, 1.54) is 0 Å². The second-order valence-corrected chi connectivity index (χ2v) is 2.41. The van der Waals surface area contributed by atoms with E-state index in [1.807, 2.05) is 0 Å². The van der Waals surface area contributed by atoms with E-state index in [-0.39, 0.29) is 0 Å². The molecular weight excluding hydrogens is 102 g/mol. The molecule has 0 saturated heterocycles. The fourth-order valence-corrected chi connectivity index (χ4v) is 0.455. The molecule has 0 spiro atoms. The van der Waals surface area contributed by atoms with Crippen molar-refractivity contribution in [1.29, 1.82) is 0 Å². The van der Waals surface area contributed by atoms with Gasteiger partial charge in [-0.1, -0.05) is 0 Å². The molecule has 0 radical (unpaired) electrons. The molecule has 0 aromatic carbocycles. The van der Waals surface area contributed by atoms with Crippen molar-refractivity contribution in [3.63, 3.8) is 0 Å². The van der Waals surface area contributed by atoms with E-state index in [1.54, 1.807) is 20.8 Å². The number of rotatable bonds is 1. The Morgan fingerprint density at radius 1 is 1.50 bits per heavy atom. The lowest BCUT2D eigenvalue weighted by molar-refractivity contribution is 0.549. The van der Waals surface area contributed by atoms with Crippen LogP contribution in [0, 0.1) is 0 Å². The SMILES string of the molecule is CC(N)=NC(C)(C)N. The molecule has 0 fully saturated rings. The highest BCUT2D eigenvalue weighted by Gasteiger charge is 2.05. The van der Waals surface area contributed by atoms with Gasteiger partial charge in [0, 0.05) is 0 Å². The van der Waals surface area contributed by atoms with Gasteiger partial charge in [-0.15, -0.1) is 0 Å².